The monoisotopic (exact) mass is 318 g/mol. The fourth-order valence-corrected chi connectivity index (χ4v) is 3.80. The van der Waals surface area contributed by atoms with Gasteiger partial charge in [0, 0.05) is 17.9 Å². The van der Waals surface area contributed by atoms with E-state index in [2.05, 4.69) is 10.5 Å². The number of nitrogens with one attached hydrogen (secondary N) is 1. The van der Waals surface area contributed by atoms with Gasteiger partial charge in [-0.15, -0.1) is 0 Å². The molecule has 0 radical (unpaired) electrons. The van der Waals surface area contributed by atoms with Crippen molar-refractivity contribution in [3.63, 3.8) is 0 Å². The number of hydrogen-bond acceptors (Lipinski definition) is 5. The highest BCUT2D eigenvalue weighted by molar-refractivity contribution is 7.99. The summed E-state index contributed by atoms with van der Waals surface area (Å²) in [4.78, 5) is 12.5. The molecule has 1 amide bonds. The van der Waals surface area contributed by atoms with E-state index < -0.39 is 5.60 Å². The van der Waals surface area contributed by atoms with Crippen molar-refractivity contribution in [2.75, 3.05) is 18.1 Å². The summed E-state index contributed by atoms with van der Waals surface area (Å²) in [6, 6.07) is 9.45. The zero-order valence-electron chi connectivity index (χ0n) is 12.3. The largest absolute Gasteiger partial charge is 0.387 e. The molecule has 2 aromatic rings. The molecule has 0 bridgehead atoms. The second-order valence-electron chi connectivity index (χ2n) is 5.54. The van der Waals surface area contributed by atoms with Crippen molar-refractivity contribution in [1.29, 1.82) is 0 Å². The number of rotatable bonds is 4. The van der Waals surface area contributed by atoms with Crippen molar-refractivity contribution in [2.24, 2.45) is 0 Å². The van der Waals surface area contributed by atoms with Crippen LogP contribution < -0.4 is 5.32 Å². The van der Waals surface area contributed by atoms with Crippen LogP contribution in [-0.2, 0) is 0 Å². The average Bonchev–Trinajstić information content (AvgIpc) is 3.13. The van der Waals surface area contributed by atoms with Gasteiger partial charge in [-0.2, -0.15) is 11.8 Å². The Morgan fingerprint density at radius 3 is 2.91 bits per heavy atom. The number of hydrogen-bond donors (Lipinski definition) is 2. The van der Waals surface area contributed by atoms with Crippen LogP contribution in [0.15, 0.2) is 34.9 Å². The van der Waals surface area contributed by atoms with Crippen molar-refractivity contribution in [3.05, 3.63) is 41.7 Å². The van der Waals surface area contributed by atoms with Crippen molar-refractivity contribution in [3.8, 4) is 11.3 Å². The minimum absolute atomic E-state index is 0.248. The summed E-state index contributed by atoms with van der Waals surface area (Å²) in [6.45, 7) is 1.96. The van der Waals surface area contributed by atoms with Gasteiger partial charge in [0.15, 0.2) is 0 Å². The van der Waals surface area contributed by atoms with Gasteiger partial charge in [0.1, 0.15) is 17.0 Å². The van der Waals surface area contributed by atoms with Crippen LogP contribution in [0.5, 0.6) is 0 Å². The summed E-state index contributed by atoms with van der Waals surface area (Å²) < 4.78 is 5.19. The fraction of sp³-hybridized carbons (Fsp3) is 0.375. The maximum atomic E-state index is 12.5. The average molecular weight is 318 g/mol. The van der Waals surface area contributed by atoms with E-state index in [1.54, 1.807) is 18.7 Å². The van der Waals surface area contributed by atoms with Gasteiger partial charge >= 0.3 is 0 Å². The zero-order valence-corrected chi connectivity index (χ0v) is 13.2. The summed E-state index contributed by atoms with van der Waals surface area (Å²) >= 11 is 1.70. The standard InChI is InChI=1S/C16H18N2O3S/c1-11-13(14(18-21-11)12-5-3-2-4-6-12)15(19)17-9-16(20)7-8-22-10-16/h2-6,20H,7-10H2,1H3,(H,17,19)/t16-/m0/s1. The van der Waals surface area contributed by atoms with Crippen molar-refractivity contribution in [2.45, 2.75) is 18.9 Å². The number of amides is 1. The molecule has 0 saturated carbocycles. The molecule has 6 heteroatoms. The van der Waals surface area contributed by atoms with Gasteiger partial charge < -0.3 is 14.9 Å². The van der Waals surface area contributed by atoms with E-state index in [1.165, 1.54) is 0 Å². The molecule has 1 aliphatic heterocycles. The van der Waals surface area contributed by atoms with Crippen LogP contribution in [0.3, 0.4) is 0 Å². The SMILES string of the molecule is Cc1onc(-c2ccccc2)c1C(=O)NC[C@@]1(O)CCSC1. The minimum Gasteiger partial charge on any atom is -0.387 e. The molecule has 22 heavy (non-hydrogen) atoms. The summed E-state index contributed by atoms with van der Waals surface area (Å²) in [7, 11) is 0. The number of thioether (sulfide) groups is 1. The number of aromatic nitrogens is 1. The molecule has 5 nitrogen and oxygen atoms in total. The summed E-state index contributed by atoms with van der Waals surface area (Å²) in [5, 5.41) is 17.1. The Kier molecular flexibility index (Phi) is 4.22. The van der Waals surface area contributed by atoms with Gasteiger partial charge in [0.25, 0.3) is 5.91 Å². The van der Waals surface area contributed by atoms with E-state index in [9.17, 15) is 9.90 Å². The highest BCUT2D eigenvalue weighted by Crippen LogP contribution is 2.28. The molecule has 116 valence electrons. The first-order chi connectivity index (χ1) is 10.6. The summed E-state index contributed by atoms with van der Waals surface area (Å²) in [5.74, 6) is 1.79. The minimum atomic E-state index is -0.807. The predicted molar refractivity (Wildman–Crippen MR) is 85.9 cm³/mol. The first kappa shape index (κ1) is 15.1. The lowest BCUT2D eigenvalue weighted by Crippen LogP contribution is -2.43. The van der Waals surface area contributed by atoms with Gasteiger partial charge in [0.05, 0.1) is 5.60 Å². The Hall–Kier alpha value is -1.79. The Balaban J connectivity index is 1.79. The second-order valence-corrected chi connectivity index (χ2v) is 6.64. The lowest BCUT2D eigenvalue weighted by Gasteiger charge is -2.21. The first-order valence-electron chi connectivity index (χ1n) is 7.19. The van der Waals surface area contributed by atoms with E-state index >= 15 is 0 Å². The number of carbonyl (C=O) groups is 1. The molecule has 0 unspecified atom stereocenters. The number of benzene rings is 1. The maximum absolute atomic E-state index is 12.5. The van der Waals surface area contributed by atoms with Crippen LogP contribution in [-0.4, -0.2) is 39.8 Å². The third kappa shape index (κ3) is 3.03. The van der Waals surface area contributed by atoms with Crippen molar-refractivity contribution < 1.29 is 14.4 Å². The zero-order chi connectivity index (χ0) is 15.6. The predicted octanol–water partition coefficient (Wildman–Crippen LogP) is 2.25. The number of aliphatic hydroxyl groups is 1. The number of carbonyl (C=O) groups excluding carboxylic acids is 1. The Morgan fingerprint density at radius 1 is 1.45 bits per heavy atom. The smallest absolute Gasteiger partial charge is 0.257 e. The summed E-state index contributed by atoms with van der Waals surface area (Å²) in [5.41, 5.74) is 0.988. The molecule has 1 aromatic carbocycles. The Labute approximate surface area is 133 Å². The highest BCUT2D eigenvalue weighted by atomic mass is 32.2. The topological polar surface area (TPSA) is 75.4 Å². The molecule has 1 atom stereocenters. The van der Waals surface area contributed by atoms with E-state index in [0.29, 0.717) is 29.2 Å². The Morgan fingerprint density at radius 2 is 2.23 bits per heavy atom. The molecular formula is C16H18N2O3S. The molecule has 2 heterocycles. The molecule has 1 aromatic heterocycles. The third-order valence-electron chi connectivity index (χ3n) is 3.80. The van der Waals surface area contributed by atoms with Gasteiger partial charge in [-0.05, 0) is 19.1 Å². The molecule has 1 saturated heterocycles. The van der Waals surface area contributed by atoms with Crippen LogP contribution in [0.25, 0.3) is 11.3 Å². The normalized spacial score (nSPS) is 21.0. The van der Waals surface area contributed by atoms with E-state index in [-0.39, 0.29) is 12.5 Å². The maximum Gasteiger partial charge on any atom is 0.257 e. The fourth-order valence-electron chi connectivity index (χ4n) is 2.50. The molecule has 1 aliphatic rings. The van der Waals surface area contributed by atoms with Crippen LogP contribution in [0.1, 0.15) is 22.5 Å². The van der Waals surface area contributed by atoms with Gasteiger partial charge in [0.2, 0.25) is 0 Å². The molecular weight excluding hydrogens is 300 g/mol. The second kappa shape index (κ2) is 6.14. The van der Waals surface area contributed by atoms with E-state index in [1.807, 2.05) is 30.3 Å². The van der Waals surface area contributed by atoms with Gasteiger partial charge in [-0.3, -0.25) is 4.79 Å². The quantitative estimate of drug-likeness (QED) is 0.904. The lowest BCUT2D eigenvalue weighted by molar-refractivity contribution is 0.0612. The van der Waals surface area contributed by atoms with Crippen LogP contribution in [0.4, 0.5) is 0 Å². The van der Waals surface area contributed by atoms with Crippen molar-refractivity contribution in [1.82, 2.24) is 10.5 Å². The summed E-state index contributed by atoms with van der Waals surface area (Å²) in [6.07, 6.45) is 0.701. The third-order valence-corrected chi connectivity index (χ3v) is 5.03. The Bertz CT molecular complexity index is 663. The van der Waals surface area contributed by atoms with Crippen LogP contribution in [0, 0.1) is 6.92 Å². The first-order valence-corrected chi connectivity index (χ1v) is 8.34. The van der Waals surface area contributed by atoms with E-state index in [4.69, 9.17) is 4.52 Å². The number of nitrogens with zero attached hydrogens (tertiary/aromatic N) is 1. The van der Waals surface area contributed by atoms with Crippen LogP contribution in [0.2, 0.25) is 0 Å². The van der Waals surface area contributed by atoms with Gasteiger partial charge in [-0.25, -0.2) is 0 Å². The van der Waals surface area contributed by atoms with Crippen molar-refractivity contribution >= 4 is 17.7 Å². The highest BCUT2D eigenvalue weighted by Gasteiger charge is 2.33. The van der Waals surface area contributed by atoms with Gasteiger partial charge in [-0.1, -0.05) is 35.5 Å². The van der Waals surface area contributed by atoms with E-state index in [0.717, 1.165) is 11.3 Å². The molecule has 1 fully saturated rings. The molecule has 2 N–H and O–H groups in total. The lowest BCUT2D eigenvalue weighted by atomic mass is 10.0. The number of aryl methyl sites for hydroxylation is 1. The molecule has 3 rings (SSSR count). The molecule has 0 aliphatic carbocycles. The molecule has 0 spiro atoms. The van der Waals surface area contributed by atoms with Crippen LogP contribution >= 0.6 is 11.8 Å².